The summed E-state index contributed by atoms with van der Waals surface area (Å²) >= 11 is 0. The van der Waals surface area contributed by atoms with Gasteiger partial charge in [-0.3, -0.25) is 0 Å². The van der Waals surface area contributed by atoms with Crippen molar-refractivity contribution >= 4 is 11.5 Å². The summed E-state index contributed by atoms with van der Waals surface area (Å²) in [5.41, 5.74) is 0.788. The van der Waals surface area contributed by atoms with Gasteiger partial charge in [0.2, 0.25) is 0 Å². The van der Waals surface area contributed by atoms with E-state index >= 15 is 0 Å². The summed E-state index contributed by atoms with van der Waals surface area (Å²) in [5, 5.41) is 13.6. The topological polar surface area (TPSA) is 77.3 Å². The Morgan fingerprint density at radius 3 is 3.00 bits per heavy atom. The lowest BCUT2D eigenvalue weighted by Gasteiger charge is -2.09. The highest BCUT2D eigenvalue weighted by atomic mass is 16.6. The van der Waals surface area contributed by atoms with Gasteiger partial charge in [-0.05, 0) is 22.4 Å². The lowest BCUT2D eigenvalue weighted by atomic mass is 10.2. The fraction of sp³-hybridized carbons (Fsp3) is 0.444. The van der Waals surface area contributed by atoms with Gasteiger partial charge in [0, 0.05) is 12.7 Å². The van der Waals surface area contributed by atoms with Gasteiger partial charge in [-0.15, -0.1) is 0 Å². The molecule has 2 heterocycles. The lowest BCUT2D eigenvalue weighted by molar-refractivity contribution is -0.389. The summed E-state index contributed by atoms with van der Waals surface area (Å²) in [5.74, 6) is -0.136. The molecule has 1 atom stereocenters. The van der Waals surface area contributed by atoms with E-state index in [1.807, 2.05) is 0 Å². The second-order valence-electron chi connectivity index (χ2n) is 3.37. The molecule has 1 N–H and O–H groups in total. The van der Waals surface area contributed by atoms with E-state index in [2.05, 4.69) is 10.3 Å². The van der Waals surface area contributed by atoms with Crippen molar-refractivity contribution in [3.05, 3.63) is 28.4 Å². The van der Waals surface area contributed by atoms with Crippen LogP contribution in [0.4, 0.5) is 11.5 Å². The summed E-state index contributed by atoms with van der Waals surface area (Å²) in [6, 6.07) is 3.33. The molecule has 1 saturated heterocycles. The molecule has 1 aromatic heterocycles. The smallest absolute Gasteiger partial charge is 0.363 e. The molecule has 0 radical (unpaired) electrons. The second kappa shape index (κ2) is 4.22. The van der Waals surface area contributed by atoms with E-state index in [4.69, 9.17) is 4.74 Å². The summed E-state index contributed by atoms with van der Waals surface area (Å²) in [6.07, 6.45) is 2.42. The predicted molar refractivity (Wildman–Crippen MR) is 53.7 cm³/mol. The third-order valence-electron chi connectivity index (χ3n) is 2.24. The highest BCUT2D eigenvalue weighted by Gasteiger charge is 2.16. The van der Waals surface area contributed by atoms with Crippen molar-refractivity contribution < 1.29 is 9.66 Å². The molecule has 0 aliphatic carbocycles. The Morgan fingerprint density at radius 2 is 2.47 bits per heavy atom. The van der Waals surface area contributed by atoms with Gasteiger partial charge in [0.15, 0.2) is 6.20 Å². The van der Waals surface area contributed by atoms with E-state index in [9.17, 15) is 10.1 Å². The van der Waals surface area contributed by atoms with E-state index < -0.39 is 4.92 Å². The zero-order valence-corrected chi connectivity index (χ0v) is 8.05. The van der Waals surface area contributed by atoms with Crippen LogP contribution < -0.4 is 5.32 Å². The molecule has 0 amide bonds. The van der Waals surface area contributed by atoms with E-state index in [1.165, 1.54) is 12.3 Å². The van der Waals surface area contributed by atoms with Crippen LogP contribution in [0.15, 0.2) is 18.3 Å². The van der Waals surface area contributed by atoms with E-state index in [0.29, 0.717) is 6.61 Å². The fourth-order valence-corrected chi connectivity index (χ4v) is 1.46. The van der Waals surface area contributed by atoms with Crippen LogP contribution in [0.5, 0.6) is 0 Å². The third kappa shape index (κ3) is 2.41. The SMILES string of the molecule is O=[N+]([O-])c1ccc(NC2CCOC2)cn1. The molecule has 6 heteroatoms. The number of ether oxygens (including phenoxy) is 1. The maximum absolute atomic E-state index is 10.4. The first-order chi connectivity index (χ1) is 7.25. The molecule has 1 fully saturated rings. The van der Waals surface area contributed by atoms with Crippen LogP contribution in [0.3, 0.4) is 0 Å². The van der Waals surface area contributed by atoms with Crippen molar-refractivity contribution in [2.45, 2.75) is 12.5 Å². The van der Waals surface area contributed by atoms with Crippen molar-refractivity contribution in [3.8, 4) is 0 Å². The van der Waals surface area contributed by atoms with Crippen LogP contribution in [0.25, 0.3) is 0 Å². The lowest BCUT2D eigenvalue weighted by Crippen LogP contribution is -2.18. The van der Waals surface area contributed by atoms with Crippen LogP contribution in [-0.4, -0.2) is 29.2 Å². The molecule has 0 saturated carbocycles. The minimum atomic E-state index is -0.511. The Balaban J connectivity index is 2.00. The summed E-state index contributed by atoms with van der Waals surface area (Å²) < 4.78 is 5.20. The maximum atomic E-state index is 10.4. The Kier molecular flexibility index (Phi) is 2.77. The standard InChI is InChI=1S/C9H11N3O3/c13-12(14)9-2-1-7(5-10-9)11-8-3-4-15-6-8/h1-2,5,8,11H,3-4,6H2. The predicted octanol–water partition coefficient (Wildman–Crippen LogP) is 1.19. The van der Waals surface area contributed by atoms with Crippen LogP contribution >= 0.6 is 0 Å². The number of nitrogens with one attached hydrogen (secondary N) is 1. The van der Waals surface area contributed by atoms with Gasteiger partial charge in [0.1, 0.15) is 0 Å². The second-order valence-corrected chi connectivity index (χ2v) is 3.37. The van der Waals surface area contributed by atoms with Gasteiger partial charge < -0.3 is 20.2 Å². The van der Waals surface area contributed by atoms with Gasteiger partial charge >= 0.3 is 5.82 Å². The molecule has 80 valence electrons. The molecule has 1 aliphatic rings. The minimum absolute atomic E-state index is 0.136. The number of hydrogen-bond donors (Lipinski definition) is 1. The highest BCUT2D eigenvalue weighted by molar-refractivity contribution is 5.44. The Morgan fingerprint density at radius 1 is 1.60 bits per heavy atom. The van der Waals surface area contributed by atoms with E-state index in [-0.39, 0.29) is 11.9 Å². The van der Waals surface area contributed by atoms with Crippen LogP contribution in [0.2, 0.25) is 0 Å². The van der Waals surface area contributed by atoms with Crippen molar-refractivity contribution in [3.63, 3.8) is 0 Å². The van der Waals surface area contributed by atoms with Crippen molar-refractivity contribution in [1.82, 2.24) is 4.98 Å². The first-order valence-electron chi connectivity index (χ1n) is 4.70. The van der Waals surface area contributed by atoms with Gasteiger partial charge in [-0.1, -0.05) is 0 Å². The number of nitro groups is 1. The minimum Gasteiger partial charge on any atom is -0.379 e. The van der Waals surface area contributed by atoms with Gasteiger partial charge in [0.05, 0.1) is 18.3 Å². The number of pyridine rings is 1. The summed E-state index contributed by atoms with van der Waals surface area (Å²) in [7, 11) is 0. The van der Waals surface area contributed by atoms with E-state index in [1.54, 1.807) is 6.07 Å². The maximum Gasteiger partial charge on any atom is 0.363 e. The largest absolute Gasteiger partial charge is 0.379 e. The molecule has 2 rings (SSSR count). The number of aromatic nitrogens is 1. The molecular formula is C9H11N3O3. The van der Waals surface area contributed by atoms with Crippen LogP contribution in [-0.2, 0) is 4.74 Å². The highest BCUT2D eigenvalue weighted by Crippen LogP contribution is 2.15. The Bertz CT molecular complexity index is 346. The molecule has 1 aliphatic heterocycles. The van der Waals surface area contributed by atoms with Crippen LogP contribution in [0, 0.1) is 10.1 Å². The quantitative estimate of drug-likeness (QED) is 0.597. The average Bonchev–Trinajstić information content (AvgIpc) is 2.71. The number of hydrogen-bond acceptors (Lipinski definition) is 5. The molecule has 0 spiro atoms. The monoisotopic (exact) mass is 209 g/mol. The Hall–Kier alpha value is -1.69. The normalized spacial score (nSPS) is 20.1. The molecule has 1 aromatic rings. The van der Waals surface area contributed by atoms with Crippen molar-refractivity contribution in [2.75, 3.05) is 18.5 Å². The van der Waals surface area contributed by atoms with Gasteiger partial charge in [-0.2, -0.15) is 0 Å². The molecule has 15 heavy (non-hydrogen) atoms. The summed E-state index contributed by atoms with van der Waals surface area (Å²) in [4.78, 5) is 13.6. The summed E-state index contributed by atoms with van der Waals surface area (Å²) in [6.45, 7) is 1.44. The van der Waals surface area contributed by atoms with Gasteiger partial charge in [-0.25, -0.2) is 0 Å². The van der Waals surface area contributed by atoms with Crippen molar-refractivity contribution in [2.24, 2.45) is 0 Å². The number of anilines is 1. The zero-order valence-electron chi connectivity index (χ0n) is 8.05. The molecular weight excluding hydrogens is 198 g/mol. The van der Waals surface area contributed by atoms with Crippen LogP contribution in [0.1, 0.15) is 6.42 Å². The van der Waals surface area contributed by atoms with E-state index in [0.717, 1.165) is 18.7 Å². The molecule has 6 nitrogen and oxygen atoms in total. The molecule has 0 bridgehead atoms. The molecule has 0 aromatic carbocycles. The molecule has 1 unspecified atom stereocenters. The number of nitrogens with zero attached hydrogens (tertiary/aromatic N) is 2. The first kappa shape index (κ1) is 9.85. The zero-order chi connectivity index (χ0) is 10.7. The fourth-order valence-electron chi connectivity index (χ4n) is 1.46. The van der Waals surface area contributed by atoms with Gasteiger partial charge in [0.25, 0.3) is 0 Å². The average molecular weight is 209 g/mol. The van der Waals surface area contributed by atoms with Crippen molar-refractivity contribution in [1.29, 1.82) is 0 Å². The Labute approximate surface area is 86.4 Å². The first-order valence-corrected chi connectivity index (χ1v) is 4.70. The third-order valence-corrected chi connectivity index (χ3v) is 2.24. The number of rotatable bonds is 3.